The molecule has 106 valence electrons. The maximum absolute atomic E-state index is 13.6. The van der Waals surface area contributed by atoms with Crippen LogP contribution in [0.4, 0.5) is 4.39 Å². The van der Waals surface area contributed by atoms with Crippen LogP contribution in [0.2, 0.25) is 5.02 Å². The molecule has 0 aliphatic heterocycles. The van der Waals surface area contributed by atoms with Gasteiger partial charge in [0.25, 0.3) is 0 Å². The Bertz CT molecular complexity index is 437. The van der Waals surface area contributed by atoms with Gasteiger partial charge in [0.05, 0.1) is 6.04 Å². The van der Waals surface area contributed by atoms with Gasteiger partial charge in [0.2, 0.25) is 5.91 Å². The van der Waals surface area contributed by atoms with Gasteiger partial charge >= 0.3 is 0 Å². The summed E-state index contributed by atoms with van der Waals surface area (Å²) in [7, 11) is 1.59. The predicted octanol–water partition coefficient (Wildman–Crippen LogP) is 2.73. The summed E-state index contributed by atoms with van der Waals surface area (Å²) in [5.74, 6) is -0.0350. The van der Waals surface area contributed by atoms with E-state index in [9.17, 15) is 9.18 Å². The topological polar surface area (TPSA) is 41.1 Å². The number of carbonyl (C=O) groups is 1. The summed E-state index contributed by atoms with van der Waals surface area (Å²) < 4.78 is 13.6. The van der Waals surface area contributed by atoms with Crippen molar-refractivity contribution in [3.05, 3.63) is 34.6 Å². The lowest BCUT2D eigenvalue weighted by atomic mass is 10.0. The molecule has 0 heterocycles. The summed E-state index contributed by atoms with van der Waals surface area (Å²) >= 11 is 5.83. The number of nitrogens with one attached hydrogen (secondary N) is 2. The number of hydrogen-bond acceptors (Lipinski definition) is 2. The van der Waals surface area contributed by atoms with E-state index < -0.39 is 0 Å². The lowest BCUT2D eigenvalue weighted by molar-refractivity contribution is -0.123. The first-order valence-electron chi connectivity index (χ1n) is 6.33. The number of likely N-dealkylation sites (N-methyl/N-ethyl adjacent to an activating group) is 1. The lowest BCUT2D eigenvalue weighted by Gasteiger charge is -2.19. The minimum absolute atomic E-state index is 0.0869. The highest BCUT2D eigenvalue weighted by atomic mass is 35.5. The Labute approximate surface area is 118 Å². The summed E-state index contributed by atoms with van der Waals surface area (Å²) in [6, 6.07) is 4.07. The van der Waals surface area contributed by atoms with Crippen molar-refractivity contribution in [3.63, 3.8) is 0 Å². The van der Waals surface area contributed by atoms with Crippen LogP contribution in [0.1, 0.15) is 25.8 Å². The summed E-state index contributed by atoms with van der Waals surface area (Å²) in [5, 5.41) is 6.17. The van der Waals surface area contributed by atoms with Crippen LogP contribution in [-0.2, 0) is 11.3 Å². The Balaban J connectivity index is 2.70. The predicted molar refractivity (Wildman–Crippen MR) is 75.6 cm³/mol. The third-order valence-corrected chi connectivity index (χ3v) is 3.05. The zero-order valence-electron chi connectivity index (χ0n) is 11.5. The Kier molecular flexibility index (Phi) is 6.25. The molecule has 1 aromatic rings. The maximum Gasteiger partial charge on any atom is 0.236 e. The third kappa shape index (κ3) is 5.17. The normalized spacial score (nSPS) is 12.5. The molecule has 0 saturated carbocycles. The Morgan fingerprint density at radius 1 is 1.42 bits per heavy atom. The molecule has 5 heteroatoms. The van der Waals surface area contributed by atoms with Gasteiger partial charge in [0.15, 0.2) is 0 Å². The van der Waals surface area contributed by atoms with Crippen molar-refractivity contribution in [2.45, 2.75) is 32.9 Å². The van der Waals surface area contributed by atoms with Crippen LogP contribution in [0.25, 0.3) is 0 Å². The van der Waals surface area contributed by atoms with Gasteiger partial charge < -0.3 is 10.6 Å². The fourth-order valence-electron chi connectivity index (χ4n) is 1.84. The Hall–Kier alpha value is -1.13. The van der Waals surface area contributed by atoms with Gasteiger partial charge in [-0.2, -0.15) is 0 Å². The second kappa shape index (κ2) is 7.46. The molecule has 0 radical (unpaired) electrons. The van der Waals surface area contributed by atoms with E-state index in [4.69, 9.17) is 11.6 Å². The van der Waals surface area contributed by atoms with Gasteiger partial charge in [-0.3, -0.25) is 4.79 Å². The molecule has 19 heavy (non-hydrogen) atoms. The molecule has 1 unspecified atom stereocenters. The summed E-state index contributed by atoms with van der Waals surface area (Å²) in [4.78, 5) is 11.7. The van der Waals surface area contributed by atoms with Crippen LogP contribution < -0.4 is 10.6 Å². The highest BCUT2D eigenvalue weighted by Gasteiger charge is 2.18. The average Bonchev–Trinajstić information content (AvgIpc) is 2.36. The van der Waals surface area contributed by atoms with Crippen molar-refractivity contribution in [2.24, 2.45) is 5.92 Å². The van der Waals surface area contributed by atoms with E-state index in [1.807, 2.05) is 13.8 Å². The minimum Gasteiger partial charge on any atom is -0.358 e. The molecule has 0 bridgehead atoms. The zero-order chi connectivity index (χ0) is 14.4. The first kappa shape index (κ1) is 15.9. The molecule has 0 spiro atoms. The van der Waals surface area contributed by atoms with E-state index >= 15 is 0 Å². The number of carbonyl (C=O) groups excluding carboxylic acids is 1. The van der Waals surface area contributed by atoms with Gasteiger partial charge in [-0.25, -0.2) is 4.39 Å². The van der Waals surface area contributed by atoms with Gasteiger partial charge in [0, 0.05) is 24.2 Å². The monoisotopic (exact) mass is 286 g/mol. The second-order valence-electron chi connectivity index (χ2n) is 4.91. The van der Waals surface area contributed by atoms with Gasteiger partial charge in [-0.15, -0.1) is 0 Å². The molecular formula is C14H20ClFN2O. The summed E-state index contributed by atoms with van der Waals surface area (Å²) in [6.45, 7) is 4.35. The standard InChI is InChI=1S/C14H20ClFN2O/c1-9(2)6-13(14(19)17-3)18-8-10-7-11(15)4-5-12(10)16/h4-5,7,9,13,18H,6,8H2,1-3H3,(H,17,19). The van der Waals surface area contributed by atoms with E-state index in [-0.39, 0.29) is 24.3 Å². The van der Waals surface area contributed by atoms with Gasteiger partial charge in [0.1, 0.15) is 5.82 Å². The van der Waals surface area contributed by atoms with E-state index in [2.05, 4.69) is 10.6 Å². The number of benzene rings is 1. The fourth-order valence-corrected chi connectivity index (χ4v) is 2.04. The smallest absolute Gasteiger partial charge is 0.236 e. The summed E-state index contributed by atoms with van der Waals surface area (Å²) in [5.41, 5.74) is 0.463. The molecule has 0 fully saturated rings. The molecule has 3 nitrogen and oxygen atoms in total. The first-order valence-corrected chi connectivity index (χ1v) is 6.70. The van der Waals surface area contributed by atoms with Crippen molar-refractivity contribution in [1.29, 1.82) is 0 Å². The van der Waals surface area contributed by atoms with E-state index in [0.717, 1.165) is 0 Å². The third-order valence-electron chi connectivity index (χ3n) is 2.82. The molecule has 1 rings (SSSR count). The molecule has 0 aliphatic rings. The number of hydrogen-bond donors (Lipinski definition) is 2. The van der Waals surface area contributed by atoms with Crippen molar-refractivity contribution in [1.82, 2.24) is 10.6 Å². The van der Waals surface area contributed by atoms with Crippen molar-refractivity contribution in [2.75, 3.05) is 7.05 Å². The molecule has 0 aromatic heterocycles. The zero-order valence-corrected chi connectivity index (χ0v) is 12.2. The highest BCUT2D eigenvalue weighted by molar-refractivity contribution is 6.30. The number of amides is 1. The van der Waals surface area contributed by atoms with Crippen molar-refractivity contribution < 1.29 is 9.18 Å². The van der Waals surface area contributed by atoms with Crippen molar-refractivity contribution >= 4 is 17.5 Å². The van der Waals surface area contributed by atoms with Crippen LogP contribution in [0.3, 0.4) is 0 Å². The second-order valence-corrected chi connectivity index (χ2v) is 5.35. The largest absolute Gasteiger partial charge is 0.358 e. The lowest BCUT2D eigenvalue weighted by Crippen LogP contribution is -2.43. The average molecular weight is 287 g/mol. The Morgan fingerprint density at radius 2 is 2.11 bits per heavy atom. The van der Waals surface area contributed by atoms with E-state index in [0.29, 0.717) is 22.9 Å². The van der Waals surface area contributed by atoms with E-state index in [1.54, 1.807) is 13.1 Å². The maximum atomic E-state index is 13.6. The SMILES string of the molecule is CNC(=O)C(CC(C)C)NCc1cc(Cl)ccc1F. The van der Waals surface area contributed by atoms with Crippen LogP contribution in [0.5, 0.6) is 0 Å². The molecule has 1 atom stereocenters. The molecule has 0 aliphatic carbocycles. The Morgan fingerprint density at radius 3 is 2.68 bits per heavy atom. The molecule has 2 N–H and O–H groups in total. The van der Waals surface area contributed by atoms with Gasteiger partial charge in [-0.05, 0) is 30.5 Å². The highest BCUT2D eigenvalue weighted by Crippen LogP contribution is 2.15. The van der Waals surface area contributed by atoms with Crippen LogP contribution in [-0.4, -0.2) is 19.0 Å². The molecular weight excluding hydrogens is 267 g/mol. The molecule has 1 aromatic carbocycles. The van der Waals surface area contributed by atoms with Gasteiger partial charge in [-0.1, -0.05) is 25.4 Å². The summed E-state index contributed by atoms with van der Waals surface area (Å²) in [6.07, 6.45) is 0.696. The van der Waals surface area contributed by atoms with E-state index in [1.165, 1.54) is 12.1 Å². The first-order chi connectivity index (χ1) is 8.93. The fraction of sp³-hybridized carbons (Fsp3) is 0.500. The van der Waals surface area contributed by atoms with Crippen LogP contribution in [0, 0.1) is 11.7 Å². The number of halogens is 2. The number of rotatable bonds is 6. The quantitative estimate of drug-likeness (QED) is 0.844. The molecule has 1 amide bonds. The minimum atomic E-state index is -0.330. The van der Waals surface area contributed by atoms with Crippen LogP contribution in [0.15, 0.2) is 18.2 Å². The van der Waals surface area contributed by atoms with Crippen LogP contribution >= 0.6 is 11.6 Å². The van der Waals surface area contributed by atoms with Crippen molar-refractivity contribution in [3.8, 4) is 0 Å². The molecule has 0 saturated heterocycles.